The molecule has 0 aliphatic carbocycles. The van der Waals surface area contributed by atoms with Gasteiger partial charge < -0.3 is 5.73 Å². The molecule has 5 heteroatoms. The lowest BCUT2D eigenvalue weighted by molar-refractivity contribution is 1.03. The van der Waals surface area contributed by atoms with Gasteiger partial charge in [0.2, 0.25) is 0 Å². The average molecular weight is 230 g/mol. The summed E-state index contributed by atoms with van der Waals surface area (Å²) >= 11 is 1.65. The Labute approximate surface area is 96.4 Å². The van der Waals surface area contributed by atoms with E-state index in [1.807, 2.05) is 40.2 Å². The van der Waals surface area contributed by atoms with E-state index in [9.17, 15) is 0 Å². The summed E-state index contributed by atoms with van der Waals surface area (Å²) in [7, 11) is 0. The van der Waals surface area contributed by atoms with Crippen LogP contribution in [0.4, 0.5) is 0 Å². The number of pyridine rings is 1. The molecule has 3 heterocycles. The second kappa shape index (κ2) is 3.70. The maximum atomic E-state index is 5.63. The summed E-state index contributed by atoms with van der Waals surface area (Å²) in [5.74, 6) is 0.875. The summed E-state index contributed by atoms with van der Waals surface area (Å²) in [4.78, 5) is 1.11. The van der Waals surface area contributed by atoms with E-state index in [1.54, 1.807) is 11.3 Å². The summed E-state index contributed by atoms with van der Waals surface area (Å²) in [5, 5.41) is 10.4. The fourth-order valence-electron chi connectivity index (χ4n) is 1.63. The van der Waals surface area contributed by atoms with Gasteiger partial charge in [-0.1, -0.05) is 12.1 Å². The second-order valence-electron chi connectivity index (χ2n) is 3.47. The highest BCUT2D eigenvalue weighted by molar-refractivity contribution is 7.13. The van der Waals surface area contributed by atoms with Crippen LogP contribution < -0.4 is 5.73 Å². The van der Waals surface area contributed by atoms with Crippen molar-refractivity contribution in [2.45, 2.75) is 6.54 Å². The van der Waals surface area contributed by atoms with Gasteiger partial charge in [-0.15, -0.1) is 21.5 Å². The topological polar surface area (TPSA) is 56.2 Å². The molecule has 0 saturated heterocycles. The number of hydrogen-bond donors (Lipinski definition) is 1. The Balaban J connectivity index is 2.25. The molecule has 0 aromatic carbocycles. The summed E-state index contributed by atoms with van der Waals surface area (Å²) in [6.07, 6.45) is 1.99. The van der Waals surface area contributed by atoms with Gasteiger partial charge in [0.15, 0.2) is 11.5 Å². The van der Waals surface area contributed by atoms with Crippen LogP contribution in [0.5, 0.6) is 0 Å². The van der Waals surface area contributed by atoms with Crippen molar-refractivity contribution in [3.8, 4) is 10.7 Å². The Kier molecular flexibility index (Phi) is 2.19. The smallest absolute Gasteiger partial charge is 0.178 e. The lowest BCUT2D eigenvalue weighted by Gasteiger charge is -2.00. The Morgan fingerprint density at radius 3 is 2.94 bits per heavy atom. The third-order valence-corrected chi connectivity index (χ3v) is 3.31. The van der Waals surface area contributed by atoms with Crippen LogP contribution >= 0.6 is 11.3 Å². The van der Waals surface area contributed by atoms with Crippen molar-refractivity contribution in [3.05, 3.63) is 41.4 Å². The van der Waals surface area contributed by atoms with Crippen molar-refractivity contribution >= 4 is 17.0 Å². The third-order valence-electron chi connectivity index (χ3n) is 2.44. The van der Waals surface area contributed by atoms with E-state index in [4.69, 9.17) is 5.73 Å². The van der Waals surface area contributed by atoms with Crippen molar-refractivity contribution in [3.63, 3.8) is 0 Å². The molecule has 0 spiro atoms. The molecule has 0 bridgehead atoms. The Hall–Kier alpha value is -1.72. The van der Waals surface area contributed by atoms with Gasteiger partial charge in [-0.2, -0.15) is 0 Å². The fourth-order valence-corrected chi connectivity index (χ4v) is 2.33. The lowest BCUT2D eigenvalue weighted by Crippen LogP contribution is -1.98. The van der Waals surface area contributed by atoms with Gasteiger partial charge in [-0.3, -0.25) is 4.40 Å². The molecule has 3 aromatic heterocycles. The largest absolute Gasteiger partial charge is 0.326 e. The predicted octanol–water partition coefficient (Wildman–Crippen LogP) is 1.92. The summed E-state index contributed by atoms with van der Waals surface area (Å²) in [6.45, 7) is 0.526. The molecule has 0 unspecified atom stereocenters. The molecular weight excluding hydrogens is 220 g/mol. The summed E-state index contributed by atoms with van der Waals surface area (Å²) < 4.78 is 1.98. The number of fused-ring (bicyclic) bond motifs is 1. The molecule has 4 nitrogen and oxygen atoms in total. The minimum Gasteiger partial charge on any atom is -0.326 e. The molecule has 0 aliphatic heterocycles. The Morgan fingerprint density at radius 2 is 2.19 bits per heavy atom. The zero-order chi connectivity index (χ0) is 11.0. The quantitative estimate of drug-likeness (QED) is 0.731. The standard InChI is InChI=1S/C11H10N4S/c12-6-8-3-4-10-13-14-11(15(10)7-8)9-2-1-5-16-9/h1-5,7H,6,12H2. The molecule has 80 valence electrons. The molecule has 0 saturated carbocycles. The van der Waals surface area contributed by atoms with Crippen LogP contribution in [0.1, 0.15) is 5.56 Å². The zero-order valence-corrected chi connectivity index (χ0v) is 9.31. The van der Waals surface area contributed by atoms with Gasteiger partial charge in [0.05, 0.1) is 4.88 Å². The van der Waals surface area contributed by atoms with Crippen LogP contribution in [0, 0.1) is 0 Å². The molecule has 0 amide bonds. The molecule has 2 N–H and O–H groups in total. The van der Waals surface area contributed by atoms with Crippen LogP contribution in [-0.4, -0.2) is 14.6 Å². The number of hydrogen-bond acceptors (Lipinski definition) is 4. The third kappa shape index (κ3) is 1.41. The first-order valence-corrected chi connectivity index (χ1v) is 5.84. The monoisotopic (exact) mass is 230 g/mol. The van der Waals surface area contributed by atoms with Crippen molar-refractivity contribution in [1.29, 1.82) is 0 Å². The van der Waals surface area contributed by atoms with Crippen LogP contribution in [-0.2, 0) is 6.54 Å². The molecular formula is C11H10N4S. The molecule has 3 aromatic rings. The molecule has 0 fully saturated rings. The SMILES string of the molecule is NCc1ccc2nnc(-c3cccs3)n2c1. The van der Waals surface area contributed by atoms with E-state index in [2.05, 4.69) is 10.2 Å². The zero-order valence-electron chi connectivity index (χ0n) is 8.50. The lowest BCUT2D eigenvalue weighted by atomic mass is 10.3. The first-order chi connectivity index (χ1) is 7.88. The highest BCUT2D eigenvalue weighted by Crippen LogP contribution is 2.23. The van der Waals surface area contributed by atoms with Crippen LogP contribution in [0.3, 0.4) is 0 Å². The van der Waals surface area contributed by atoms with E-state index in [1.165, 1.54) is 0 Å². The van der Waals surface area contributed by atoms with E-state index in [0.717, 1.165) is 21.9 Å². The number of nitrogens with zero attached hydrogens (tertiary/aromatic N) is 3. The van der Waals surface area contributed by atoms with Crippen molar-refractivity contribution < 1.29 is 0 Å². The number of aromatic nitrogens is 3. The van der Waals surface area contributed by atoms with Gasteiger partial charge in [0.25, 0.3) is 0 Å². The van der Waals surface area contributed by atoms with Crippen molar-refractivity contribution in [1.82, 2.24) is 14.6 Å². The number of thiophene rings is 1. The van der Waals surface area contributed by atoms with E-state index < -0.39 is 0 Å². The first kappa shape index (κ1) is 9.50. The maximum Gasteiger partial charge on any atom is 0.178 e. The van der Waals surface area contributed by atoms with Crippen molar-refractivity contribution in [2.24, 2.45) is 5.73 Å². The summed E-state index contributed by atoms with van der Waals surface area (Å²) in [5.41, 5.74) is 7.55. The number of nitrogens with two attached hydrogens (primary N) is 1. The normalized spacial score (nSPS) is 11.1. The van der Waals surface area contributed by atoms with Gasteiger partial charge in [-0.05, 0) is 23.1 Å². The van der Waals surface area contributed by atoms with Crippen LogP contribution in [0.15, 0.2) is 35.8 Å². The molecule has 0 atom stereocenters. The first-order valence-electron chi connectivity index (χ1n) is 4.96. The molecule has 16 heavy (non-hydrogen) atoms. The van der Waals surface area contributed by atoms with Gasteiger partial charge in [-0.25, -0.2) is 0 Å². The molecule has 0 aliphatic rings. The molecule has 3 rings (SSSR count). The van der Waals surface area contributed by atoms with Gasteiger partial charge >= 0.3 is 0 Å². The fraction of sp³-hybridized carbons (Fsp3) is 0.0909. The minimum atomic E-state index is 0.526. The highest BCUT2D eigenvalue weighted by Gasteiger charge is 2.08. The number of rotatable bonds is 2. The Morgan fingerprint density at radius 1 is 1.25 bits per heavy atom. The average Bonchev–Trinajstić information content (AvgIpc) is 2.96. The summed E-state index contributed by atoms with van der Waals surface area (Å²) in [6, 6.07) is 7.96. The second-order valence-corrected chi connectivity index (χ2v) is 4.42. The maximum absolute atomic E-state index is 5.63. The van der Waals surface area contributed by atoms with E-state index in [-0.39, 0.29) is 0 Å². The van der Waals surface area contributed by atoms with Gasteiger partial charge in [0.1, 0.15) is 0 Å². The van der Waals surface area contributed by atoms with E-state index >= 15 is 0 Å². The van der Waals surface area contributed by atoms with Gasteiger partial charge in [0, 0.05) is 12.7 Å². The Bertz CT molecular complexity index is 612. The predicted molar refractivity (Wildman–Crippen MR) is 64.2 cm³/mol. The minimum absolute atomic E-state index is 0.526. The van der Waals surface area contributed by atoms with Crippen molar-refractivity contribution in [2.75, 3.05) is 0 Å². The van der Waals surface area contributed by atoms with Crippen LogP contribution in [0.2, 0.25) is 0 Å². The van der Waals surface area contributed by atoms with Crippen LogP contribution in [0.25, 0.3) is 16.3 Å². The highest BCUT2D eigenvalue weighted by atomic mass is 32.1. The van der Waals surface area contributed by atoms with E-state index in [0.29, 0.717) is 6.54 Å². The molecule has 0 radical (unpaired) electrons.